The summed E-state index contributed by atoms with van der Waals surface area (Å²) in [4.78, 5) is 16.9. The Morgan fingerprint density at radius 3 is 2.28 bits per heavy atom. The molecule has 0 N–H and O–H groups in total. The minimum atomic E-state index is -0.192. The molecule has 3 nitrogen and oxygen atoms in total. The van der Waals surface area contributed by atoms with Crippen molar-refractivity contribution in [1.82, 2.24) is 4.90 Å². The number of carbonyl (C=O) groups excluding carboxylic acids is 1. The Hall–Kier alpha value is -2.36. The van der Waals surface area contributed by atoms with E-state index in [-0.39, 0.29) is 17.6 Å². The Balaban J connectivity index is 1.38. The van der Waals surface area contributed by atoms with Crippen LogP contribution in [-0.4, -0.2) is 37.0 Å². The van der Waals surface area contributed by atoms with Crippen molar-refractivity contribution in [2.45, 2.75) is 12.8 Å². The van der Waals surface area contributed by atoms with Crippen LogP contribution in [0.3, 0.4) is 0 Å². The second-order valence-electron chi connectivity index (χ2n) is 7.09. The third kappa shape index (κ3) is 3.01. The largest absolute Gasteiger partial charge is 0.366 e. The molecule has 25 heavy (non-hydrogen) atoms. The fourth-order valence-corrected chi connectivity index (χ4v) is 4.11. The van der Waals surface area contributed by atoms with E-state index in [1.54, 1.807) is 12.1 Å². The second kappa shape index (κ2) is 6.51. The third-order valence-corrected chi connectivity index (χ3v) is 5.63. The lowest BCUT2D eigenvalue weighted by molar-refractivity contribution is -0.133. The van der Waals surface area contributed by atoms with Gasteiger partial charge in [-0.15, -0.1) is 0 Å². The highest BCUT2D eigenvalue weighted by Crippen LogP contribution is 2.54. The van der Waals surface area contributed by atoms with Crippen LogP contribution < -0.4 is 4.90 Å². The van der Waals surface area contributed by atoms with E-state index in [4.69, 9.17) is 0 Å². The maximum absolute atomic E-state index is 13.9. The maximum atomic E-state index is 13.9. The number of hydrogen-bond acceptors (Lipinski definition) is 2. The summed E-state index contributed by atoms with van der Waals surface area (Å²) in [7, 11) is 0. The van der Waals surface area contributed by atoms with Gasteiger partial charge in [-0.05, 0) is 29.5 Å². The molecule has 4 rings (SSSR count). The Morgan fingerprint density at radius 2 is 1.60 bits per heavy atom. The van der Waals surface area contributed by atoms with Crippen molar-refractivity contribution in [1.29, 1.82) is 0 Å². The quantitative estimate of drug-likeness (QED) is 0.855. The molecular formula is C21H23FN2O. The molecule has 0 radical (unpaired) electrons. The Bertz CT molecular complexity index is 756. The zero-order chi connectivity index (χ0) is 17.4. The first-order valence-electron chi connectivity index (χ1n) is 9.00. The molecule has 2 fully saturated rings. The zero-order valence-electron chi connectivity index (χ0n) is 14.4. The monoisotopic (exact) mass is 338 g/mol. The lowest BCUT2D eigenvalue weighted by atomic mass is 10.1. The average Bonchev–Trinajstić information content (AvgIpc) is 3.33. The fourth-order valence-electron chi connectivity index (χ4n) is 4.11. The summed E-state index contributed by atoms with van der Waals surface area (Å²) in [6.45, 7) is 4.86. The number of hydrogen-bond donors (Lipinski definition) is 0. The standard InChI is InChI=1S/C21H23FN2O/c1-15-19(16-7-3-2-4-8-16)20(15)21(25)24-13-11-23(12-14-24)18-10-6-5-9-17(18)22/h2-10,15,19-20H,11-14H2,1H3. The van der Waals surface area contributed by atoms with Crippen molar-refractivity contribution >= 4 is 11.6 Å². The number of piperazine rings is 1. The molecule has 0 spiro atoms. The SMILES string of the molecule is CC1C(C(=O)N2CCN(c3ccccc3F)CC2)C1c1ccccc1. The number of amides is 1. The van der Waals surface area contributed by atoms with Gasteiger partial charge in [0.05, 0.1) is 5.69 Å². The van der Waals surface area contributed by atoms with Crippen LogP contribution in [0.1, 0.15) is 18.4 Å². The highest BCUT2D eigenvalue weighted by Gasteiger charge is 2.53. The van der Waals surface area contributed by atoms with Crippen molar-refractivity contribution in [3.63, 3.8) is 0 Å². The Labute approximate surface area is 148 Å². The van der Waals surface area contributed by atoms with Gasteiger partial charge in [0, 0.05) is 32.1 Å². The summed E-state index contributed by atoms with van der Waals surface area (Å²) in [6.07, 6.45) is 0. The van der Waals surface area contributed by atoms with Gasteiger partial charge in [-0.2, -0.15) is 0 Å². The highest BCUT2D eigenvalue weighted by atomic mass is 19.1. The fraction of sp³-hybridized carbons (Fsp3) is 0.381. The molecule has 2 aromatic rings. The van der Waals surface area contributed by atoms with Crippen molar-refractivity contribution in [2.24, 2.45) is 11.8 Å². The van der Waals surface area contributed by atoms with E-state index in [9.17, 15) is 9.18 Å². The van der Waals surface area contributed by atoms with Gasteiger partial charge < -0.3 is 9.80 Å². The Morgan fingerprint density at radius 1 is 0.960 bits per heavy atom. The lowest BCUT2D eigenvalue weighted by Crippen LogP contribution is -2.49. The number of anilines is 1. The smallest absolute Gasteiger partial charge is 0.226 e. The summed E-state index contributed by atoms with van der Waals surface area (Å²) in [6, 6.07) is 17.2. The molecular weight excluding hydrogens is 315 g/mol. The molecule has 3 atom stereocenters. The minimum Gasteiger partial charge on any atom is -0.366 e. The summed E-state index contributed by atoms with van der Waals surface area (Å²) < 4.78 is 13.9. The van der Waals surface area contributed by atoms with Gasteiger partial charge in [0.1, 0.15) is 5.82 Å². The van der Waals surface area contributed by atoms with Crippen LogP contribution >= 0.6 is 0 Å². The second-order valence-corrected chi connectivity index (χ2v) is 7.09. The molecule has 1 amide bonds. The van der Waals surface area contributed by atoms with E-state index >= 15 is 0 Å². The van der Waals surface area contributed by atoms with Crippen molar-refractivity contribution in [3.05, 3.63) is 66.0 Å². The van der Waals surface area contributed by atoms with Crippen LogP contribution in [0.2, 0.25) is 0 Å². The zero-order valence-corrected chi connectivity index (χ0v) is 14.4. The number of halogens is 1. The van der Waals surface area contributed by atoms with E-state index in [0.717, 1.165) is 0 Å². The molecule has 2 aromatic carbocycles. The molecule has 3 unspecified atom stereocenters. The predicted molar refractivity (Wildman–Crippen MR) is 97.0 cm³/mol. The first-order chi connectivity index (χ1) is 12.2. The first-order valence-corrected chi connectivity index (χ1v) is 9.00. The molecule has 0 aromatic heterocycles. The van der Waals surface area contributed by atoms with E-state index < -0.39 is 0 Å². The molecule has 2 aliphatic rings. The average molecular weight is 338 g/mol. The summed E-state index contributed by atoms with van der Waals surface area (Å²) >= 11 is 0. The maximum Gasteiger partial charge on any atom is 0.226 e. The molecule has 0 bridgehead atoms. The summed E-state index contributed by atoms with van der Waals surface area (Å²) in [5.41, 5.74) is 1.90. The van der Waals surface area contributed by atoms with Gasteiger partial charge >= 0.3 is 0 Å². The van der Waals surface area contributed by atoms with Crippen LogP contribution in [0.4, 0.5) is 10.1 Å². The predicted octanol–water partition coefficient (Wildman–Crippen LogP) is 3.52. The molecule has 1 heterocycles. The Kier molecular flexibility index (Phi) is 4.20. The third-order valence-electron chi connectivity index (χ3n) is 5.63. The topological polar surface area (TPSA) is 23.6 Å². The minimum absolute atomic E-state index is 0.0995. The first kappa shape index (κ1) is 16.1. The van der Waals surface area contributed by atoms with Crippen molar-refractivity contribution in [2.75, 3.05) is 31.1 Å². The highest BCUT2D eigenvalue weighted by molar-refractivity contribution is 5.84. The molecule has 1 saturated heterocycles. The number of carbonyl (C=O) groups is 1. The van der Waals surface area contributed by atoms with Gasteiger partial charge in [0.2, 0.25) is 5.91 Å². The lowest BCUT2D eigenvalue weighted by Gasteiger charge is -2.36. The van der Waals surface area contributed by atoms with Gasteiger partial charge in [-0.1, -0.05) is 49.4 Å². The molecule has 1 aliphatic carbocycles. The van der Waals surface area contributed by atoms with Crippen LogP contribution in [0, 0.1) is 17.7 Å². The van der Waals surface area contributed by atoms with Gasteiger partial charge in [0.15, 0.2) is 0 Å². The van der Waals surface area contributed by atoms with Crippen molar-refractivity contribution in [3.8, 4) is 0 Å². The molecule has 1 aliphatic heterocycles. The molecule has 1 saturated carbocycles. The van der Waals surface area contributed by atoms with Crippen LogP contribution in [0.15, 0.2) is 54.6 Å². The summed E-state index contributed by atoms with van der Waals surface area (Å²) in [5, 5.41) is 0. The number of benzene rings is 2. The van der Waals surface area contributed by atoms with Crippen molar-refractivity contribution < 1.29 is 9.18 Å². The van der Waals surface area contributed by atoms with E-state index in [0.29, 0.717) is 43.7 Å². The number of nitrogens with zero attached hydrogens (tertiary/aromatic N) is 2. The van der Waals surface area contributed by atoms with Crippen LogP contribution in [0.5, 0.6) is 0 Å². The van der Waals surface area contributed by atoms with E-state index in [2.05, 4.69) is 19.1 Å². The van der Waals surface area contributed by atoms with Gasteiger partial charge in [-0.25, -0.2) is 4.39 Å². The number of rotatable bonds is 3. The number of para-hydroxylation sites is 1. The summed E-state index contributed by atoms with van der Waals surface area (Å²) in [5.74, 6) is 0.914. The normalized spacial score (nSPS) is 25.8. The molecule has 130 valence electrons. The van der Waals surface area contributed by atoms with Crippen LogP contribution in [-0.2, 0) is 4.79 Å². The van der Waals surface area contributed by atoms with E-state index in [1.807, 2.05) is 34.1 Å². The van der Waals surface area contributed by atoms with Crippen LogP contribution in [0.25, 0.3) is 0 Å². The van der Waals surface area contributed by atoms with Gasteiger partial charge in [-0.3, -0.25) is 4.79 Å². The van der Waals surface area contributed by atoms with E-state index in [1.165, 1.54) is 11.6 Å². The molecule has 4 heteroatoms. The van der Waals surface area contributed by atoms with Gasteiger partial charge in [0.25, 0.3) is 0 Å².